The van der Waals surface area contributed by atoms with E-state index in [1.807, 2.05) is 0 Å². The normalized spacial score (nSPS) is 14.8. The molecule has 0 atom stereocenters. The Morgan fingerprint density at radius 2 is 0.595 bits per heavy atom. The number of fused-ring (bicyclic) bond motifs is 24. The second kappa shape index (κ2) is 15.5. The van der Waals surface area contributed by atoms with Crippen molar-refractivity contribution in [2.45, 2.75) is 24.7 Å². The largest absolute Gasteiger partial charge is 0.311 e. The third kappa shape index (κ3) is 5.38. The quantitative estimate of drug-likeness (QED) is 0.163. The number of hydrogen-bond acceptors (Lipinski definition) is 2. The average molecular weight is 1000 g/mol. The lowest BCUT2D eigenvalue weighted by Gasteiger charge is -2.45. The van der Waals surface area contributed by atoms with Crippen LogP contribution in [0.15, 0.2) is 261 Å². The number of hydrogen-bond donors (Lipinski definition) is 0. The predicted octanol–water partition coefficient (Wildman–Crippen LogP) is 16.7. The lowest BCUT2D eigenvalue weighted by atomic mass is 9.33. The van der Waals surface area contributed by atoms with E-state index < -0.39 is 10.8 Å². The van der Waals surface area contributed by atoms with Gasteiger partial charge in [-0.3, -0.25) is 0 Å². The molecule has 12 aromatic rings. The SMILES string of the molecule is Cc1ccc2c(c1)B1c3cc(C)ccc3N(c3ccc4c(c3)-c3ccccc3C43c4ccccc4-c4ccccc43)c3cc(-c4ccccc4)cc(c31)N2c1ccc2c(c1)-c1ccccc1C21c2ccccc2-c2ccccc21. The van der Waals surface area contributed by atoms with E-state index in [1.165, 1.54) is 150 Å². The Kier molecular flexibility index (Phi) is 8.52. The van der Waals surface area contributed by atoms with E-state index in [9.17, 15) is 0 Å². The molecule has 4 aliphatic carbocycles. The van der Waals surface area contributed by atoms with E-state index in [1.54, 1.807) is 0 Å². The van der Waals surface area contributed by atoms with Crippen LogP contribution >= 0.6 is 0 Å². The molecule has 2 heterocycles. The van der Waals surface area contributed by atoms with Crippen molar-refractivity contribution in [1.82, 2.24) is 0 Å². The highest BCUT2D eigenvalue weighted by atomic mass is 15.2. The van der Waals surface area contributed by atoms with E-state index in [0.29, 0.717) is 0 Å². The molecule has 0 radical (unpaired) electrons. The fraction of sp³-hybridized carbons (Fsp3) is 0.0526. The van der Waals surface area contributed by atoms with Crippen molar-refractivity contribution in [3.63, 3.8) is 0 Å². The topological polar surface area (TPSA) is 6.48 Å². The number of nitrogens with zero attached hydrogens (tertiary/aromatic N) is 2. The van der Waals surface area contributed by atoms with Crippen molar-refractivity contribution in [3.8, 4) is 55.6 Å². The van der Waals surface area contributed by atoms with Crippen LogP contribution in [0.4, 0.5) is 34.1 Å². The van der Waals surface area contributed by atoms with E-state index in [2.05, 4.69) is 285 Å². The molecule has 0 fully saturated rings. The van der Waals surface area contributed by atoms with E-state index in [-0.39, 0.29) is 6.71 Å². The van der Waals surface area contributed by atoms with Gasteiger partial charge >= 0.3 is 0 Å². The molecule has 0 saturated heterocycles. The van der Waals surface area contributed by atoms with E-state index in [0.717, 1.165) is 11.4 Å². The summed E-state index contributed by atoms with van der Waals surface area (Å²) in [5.74, 6) is 0. The maximum absolute atomic E-state index is 2.61. The van der Waals surface area contributed by atoms with Gasteiger partial charge in [0.1, 0.15) is 0 Å². The molecule has 2 spiro atoms. The minimum Gasteiger partial charge on any atom is -0.311 e. The van der Waals surface area contributed by atoms with Crippen molar-refractivity contribution in [1.29, 1.82) is 0 Å². The highest BCUT2D eigenvalue weighted by molar-refractivity contribution is 7.00. The molecule has 3 heteroatoms. The molecule has 366 valence electrons. The first-order valence-corrected chi connectivity index (χ1v) is 27.9. The Bertz CT molecular complexity index is 4320. The number of rotatable bonds is 3. The molecule has 0 amide bonds. The van der Waals surface area contributed by atoms with Gasteiger partial charge in [0, 0.05) is 34.1 Å². The van der Waals surface area contributed by atoms with E-state index >= 15 is 0 Å². The summed E-state index contributed by atoms with van der Waals surface area (Å²) >= 11 is 0. The molecule has 2 nitrogen and oxygen atoms in total. The van der Waals surface area contributed by atoms with Crippen LogP contribution in [0.25, 0.3) is 55.6 Å². The third-order valence-electron chi connectivity index (χ3n) is 19.0. The van der Waals surface area contributed by atoms with Crippen LogP contribution in [0.2, 0.25) is 0 Å². The van der Waals surface area contributed by atoms with Crippen molar-refractivity contribution in [2.24, 2.45) is 0 Å². The molecule has 0 unspecified atom stereocenters. The van der Waals surface area contributed by atoms with E-state index in [4.69, 9.17) is 0 Å². The highest BCUT2D eigenvalue weighted by Crippen LogP contribution is 2.65. The van der Waals surface area contributed by atoms with Crippen LogP contribution in [0.1, 0.15) is 55.6 Å². The van der Waals surface area contributed by atoms with Crippen molar-refractivity contribution < 1.29 is 0 Å². The second-order valence-electron chi connectivity index (χ2n) is 22.8. The zero-order valence-electron chi connectivity index (χ0n) is 43.8. The summed E-state index contributed by atoms with van der Waals surface area (Å²) < 4.78 is 0. The third-order valence-corrected chi connectivity index (χ3v) is 19.0. The molecular formula is C76H49BN2. The highest BCUT2D eigenvalue weighted by Gasteiger charge is 2.54. The summed E-state index contributed by atoms with van der Waals surface area (Å²) in [7, 11) is 0. The Morgan fingerprint density at radius 3 is 0.975 bits per heavy atom. The molecule has 79 heavy (non-hydrogen) atoms. The molecule has 12 aromatic carbocycles. The smallest absolute Gasteiger partial charge is 0.252 e. The number of anilines is 6. The number of aryl methyl sites for hydroxylation is 2. The first-order valence-electron chi connectivity index (χ1n) is 27.9. The Labute approximate surface area is 461 Å². The summed E-state index contributed by atoms with van der Waals surface area (Å²) in [5, 5.41) is 0. The van der Waals surface area contributed by atoms with Gasteiger partial charge in [-0.2, -0.15) is 0 Å². The van der Waals surface area contributed by atoms with Gasteiger partial charge in [0.25, 0.3) is 6.71 Å². The average Bonchev–Trinajstić information content (AvgIpc) is 2.89. The van der Waals surface area contributed by atoms with Gasteiger partial charge in [0.2, 0.25) is 0 Å². The molecule has 0 aromatic heterocycles. The maximum atomic E-state index is 2.61. The van der Waals surface area contributed by atoms with Crippen molar-refractivity contribution >= 4 is 57.2 Å². The summed E-state index contributed by atoms with van der Waals surface area (Å²) in [5.41, 5.74) is 36.4. The van der Waals surface area contributed by atoms with Gasteiger partial charge in [-0.25, -0.2) is 0 Å². The fourth-order valence-corrected chi connectivity index (χ4v) is 16.1. The second-order valence-corrected chi connectivity index (χ2v) is 22.8. The Morgan fingerprint density at radius 1 is 0.266 bits per heavy atom. The van der Waals surface area contributed by atoms with Crippen molar-refractivity contribution in [3.05, 3.63) is 316 Å². The first kappa shape index (κ1) is 43.4. The van der Waals surface area contributed by atoms with Crippen LogP contribution in [-0.2, 0) is 10.8 Å². The lowest BCUT2D eigenvalue weighted by molar-refractivity contribution is 0.794. The van der Waals surface area contributed by atoms with Gasteiger partial charge in [-0.05, 0) is 179 Å². The molecule has 0 bridgehead atoms. The van der Waals surface area contributed by atoms with Crippen LogP contribution in [0, 0.1) is 13.8 Å². The van der Waals surface area contributed by atoms with Gasteiger partial charge in [-0.1, -0.05) is 223 Å². The molecule has 18 rings (SSSR count). The molecular weight excluding hydrogens is 952 g/mol. The standard InChI is InChI=1S/C76H49BN2/c1-46-32-38-70-68(40-46)77-69-41-47(2)33-39-71(69)79(51-35-37-67-59(45-51)57-25-11-17-31-65(57)76(67)62-28-14-8-22-54(62)55-23-9-15-29-63(55)76)73-43-49(48-18-4-3-5-19-48)42-72(74(73)77)78(70)50-34-36-66-58(44-50)56-24-10-16-30-64(56)75(66)60-26-12-6-20-52(60)53-21-7-13-27-61(53)75/h3-45H,1-2H3. The Hall–Kier alpha value is -9.70. The fourth-order valence-electron chi connectivity index (χ4n) is 16.1. The molecule has 0 N–H and O–H groups in total. The van der Waals surface area contributed by atoms with Gasteiger partial charge in [0.15, 0.2) is 0 Å². The maximum Gasteiger partial charge on any atom is 0.252 e. The van der Waals surface area contributed by atoms with Gasteiger partial charge in [0.05, 0.1) is 10.8 Å². The van der Waals surface area contributed by atoms with Crippen LogP contribution < -0.4 is 26.2 Å². The summed E-state index contributed by atoms with van der Waals surface area (Å²) in [6, 6.07) is 100. The monoisotopic (exact) mass is 1000 g/mol. The summed E-state index contributed by atoms with van der Waals surface area (Å²) in [4.78, 5) is 5.22. The summed E-state index contributed by atoms with van der Waals surface area (Å²) in [6.07, 6.45) is 0. The Balaban J connectivity index is 0.898. The molecule has 2 aliphatic heterocycles. The van der Waals surface area contributed by atoms with Crippen LogP contribution in [0.3, 0.4) is 0 Å². The molecule has 6 aliphatic rings. The predicted molar refractivity (Wildman–Crippen MR) is 328 cm³/mol. The van der Waals surface area contributed by atoms with Crippen LogP contribution in [-0.4, -0.2) is 6.71 Å². The number of benzene rings is 12. The van der Waals surface area contributed by atoms with Crippen LogP contribution in [0.5, 0.6) is 0 Å². The summed E-state index contributed by atoms with van der Waals surface area (Å²) in [6.45, 7) is 4.50. The van der Waals surface area contributed by atoms with Crippen molar-refractivity contribution in [2.75, 3.05) is 9.80 Å². The lowest BCUT2D eigenvalue weighted by Crippen LogP contribution is -2.61. The van der Waals surface area contributed by atoms with Gasteiger partial charge in [-0.15, -0.1) is 0 Å². The zero-order chi connectivity index (χ0) is 51.9. The zero-order valence-corrected chi connectivity index (χ0v) is 43.8. The van der Waals surface area contributed by atoms with Gasteiger partial charge < -0.3 is 9.80 Å². The first-order chi connectivity index (χ1) is 39.0. The molecule has 0 saturated carbocycles. The minimum absolute atomic E-state index is 0.0121. The minimum atomic E-state index is -0.422.